The number of rotatable bonds is 7. The van der Waals surface area contributed by atoms with Gasteiger partial charge in [-0.05, 0) is 18.8 Å². The molecule has 104 valence electrons. The molecule has 0 heterocycles. The first kappa shape index (κ1) is 14.9. The van der Waals surface area contributed by atoms with Gasteiger partial charge in [-0.1, -0.05) is 13.8 Å². The summed E-state index contributed by atoms with van der Waals surface area (Å²) in [7, 11) is -3.45. The molecule has 0 aromatic rings. The Hall–Kier alpha value is -1.11. The fourth-order valence-electron chi connectivity index (χ4n) is 1.79. The lowest BCUT2D eigenvalue weighted by Crippen LogP contribution is -2.41. The third-order valence-corrected chi connectivity index (χ3v) is 4.41. The highest BCUT2D eigenvalue weighted by Crippen LogP contribution is 2.26. The van der Waals surface area contributed by atoms with Gasteiger partial charge in [0.05, 0.1) is 5.75 Å². The van der Waals surface area contributed by atoms with Crippen LogP contribution in [0.2, 0.25) is 0 Å². The molecule has 1 amide bonds. The van der Waals surface area contributed by atoms with Crippen molar-refractivity contribution >= 4 is 21.7 Å². The van der Waals surface area contributed by atoms with Gasteiger partial charge in [-0.2, -0.15) is 0 Å². The summed E-state index contributed by atoms with van der Waals surface area (Å²) >= 11 is 0. The first-order valence-electron chi connectivity index (χ1n) is 5.93. The van der Waals surface area contributed by atoms with E-state index in [4.69, 9.17) is 5.11 Å². The minimum atomic E-state index is -3.45. The summed E-state index contributed by atoms with van der Waals surface area (Å²) < 4.78 is 23.4. The van der Waals surface area contributed by atoms with Crippen molar-refractivity contribution in [2.45, 2.75) is 32.7 Å². The number of carboxylic acid groups (broad SMARTS) is 1. The molecule has 1 N–H and O–H groups in total. The van der Waals surface area contributed by atoms with Crippen LogP contribution < -0.4 is 0 Å². The van der Waals surface area contributed by atoms with Crippen molar-refractivity contribution < 1.29 is 23.1 Å². The quantitative estimate of drug-likeness (QED) is 0.714. The van der Waals surface area contributed by atoms with Crippen LogP contribution in [0.3, 0.4) is 0 Å². The van der Waals surface area contributed by atoms with Gasteiger partial charge >= 0.3 is 5.97 Å². The standard InChI is InChI=1S/C11H19NO5S/c1-8(2)6-18(16,17)7-10(13)12(5-11(14)15)9-3-4-9/h8-9H,3-7H2,1-2H3,(H,14,15). The molecule has 0 saturated heterocycles. The summed E-state index contributed by atoms with van der Waals surface area (Å²) in [6.45, 7) is 3.11. The van der Waals surface area contributed by atoms with E-state index in [0.717, 1.165) is 12.8 Å². The van der Waals surface area contributed by atoms with Gasteiger partial charge in [0.25, 0.3) is 0 Å². The second kappa shape index (κ2) is 5.69. The zero-order valence-corrected chi connectivity index (χ0v) is 11.4. The number of hydrogen-bond donors (Lipinski definition) is 1. The molecule has 0 radical (unpaired) electrons. The van der Waals surface area contributed by atoms with E-state index in [-0.39, 0.29) is 17.7 Å². The molecule has 0 atom stereocenters. The maximum absolute atomic E-state index is 11.8. The number of aliphatic carboxylic acids is 1. The second-order valence-electron chi connectivity index (χ2n) is 5.09. The van der Waals surface area contributed by atoms with Crippen molar-refractivity contribution in [3.63, 3.8) is 0 Å². The zero-order valence-electron chi connectivity index (χ0n) is 10.6. The first-order chi connectivity index (χ1) is 8.21. The van der Waals surface area contributed by atoms with E-state index in [1.54, 1.807) is 13.8 Å². The van der Waals surface area contributed by atoms with E-state index in [1.165, 1.54) is 4.90 Å². The van der Waals surface area contributed by atoms with Gasteiger partial charge in [-0.25, -0.2) is 8.42 Å². The minimum absolute atomic E-state index is 0.0448. The van der Waals surface area contributed by atoms with Crippen molar-refractivity contribution in [1.82, 2.24) is 4.90 Å². The molecule has 1 aliphatic carbocycles. The Bertz CT molecular complexity index is 425. The smallest absolute Gasteiger partial charge is 0.323 e. The largest absolute Gasteiger partial charge is 0.480 e. The molecular weight excluding hydrogens is 258 g/mol. The lowest BCUT2D eigenvalue weighted by molar-refractivity contribution is -0.143. The summed E-state index contributed by atoms with van der Waals surface area (Å²) in [4.78, 5) is 23.7. The molecule has 0 aliphatic heterocycles. The van der Waals surface area contributed by atoms with Gasteiger partial charge in [0, 0.05) is 6.04 Å². The van der Waals surface area contributed by atoms with E-state index in [2.05, 4.69) is 0 Å². The first-order valence-corrected chi connectivity index (χ1v) is 7.75. The minimum Gasteiger partial charge on any atom is -0.480 e. The Labute approximate surface area is 107 Å². The van der Waals surface area contributed by atoms with Crippen LogP contribution >= 0.6 is 0 Å². The number of carboxylic acids is 1. The molecule has 6 nitrogen and oxygen atoms in total. The van der Waals surface area contributed by atoms with Crippen LogP contribution in [0.4, 0.5) is 0 Å². The maximum atomic E-state index is 11.8. The molecule has 1 rings (SSSR count). The van der Waals surface area contributed by atoms with Gasteiger partial charge < -0.3 is 10.0 Å². The third kappa shape index (κ3) is 5.03. The van der Waals surface area contributed by atoms with Crippen molar-refractivity contribution in [2.24, 2.45) is 5.92 Å². The predicted molar refractivity (Wildman–Crippen MR) is 65.9 cm³/mol. The lowest BCUT2D eigenvalue weighted by Gasteiger charge is -2.20. The Morgan fingerprint density at radius 2 is 1.89 bits per heavy atom. The number of hydrogen-bond acceptors (Lipinski definition) is 4. The Morgan fingerprint density at radius 3 is 2.28 bits per heavy atom. The summed E-state index contributed by atoms with van der Waals surface area (Å²) in [5, 5.41) is 8.71. The highest BCUT2D eigenvalue weighted by Gasteiger charge is 2.35. The van der Waals surface area contributed by atoms with Gasteiger partial charge in [0.15, 0.2) is 9.84 Å². The van der Waals surface area contributed by atoms with Crippen molar-refractivity contribution in [3.05, 3.63) is 0 Å². The SMILES string of the molecule is CC(C)CS(=O)(=O)CC(=O)N(CC(=O)O)C1CC1. The van der Waals surface area contributed by atoms with E-state index < -0.39 is 34.0 Å². The number of nitrogens with zero attached hydrogens (tertiary/aromatic N) is 1. The van der Waals surface area contributed by atoms with Crippen LogP contribution in [0.25, 0.3) is 0 Å². The summed E-state index contributed by atoms with van der Waals surface area (Å²) in [6, 6.07) is -0.0946. The Morgan fingerprint density at radius 1 is 1.33 bits per heavy atom. The molecule has 1 aliphatic rings. The van der Waals surface area contributed by atoms with Gasteiger partial charge in [-0.3, -0.25) is 9.59 Å². The topological polar surface area (TPSA) is 91.8 Å². The summed E-state index contributed by atoms with van der Waals surface area (Å²) in [5.74, 6) is -2.40. The van der Waals surface area contributed by atoms with Crippen LogP contribution in [0.15, 0.2) is 0 Å². The highest BCUT2D eigenvalue weighted by molar-refractivity contribution is 7.92. The van der Waals surface area contributed by atoms with Crippen LogP contribution in [0.5, 0.6) is 0 Å². The molecule has 0 aromatic carbocycles. The Kier molecular flexibility index (Phi) is 4.72. The lowest BCUT2D eigenvalue weighted by atomic mass is 10.3. The maximum Gasteiger partial charge on any atom is 0.323 e. The fourth-order valence-corrected chi connectivity index (χ4v) is 3.47. The number of carbonyl (C=O) groups is 2. The van der Waals surface area contributed by atoms with Gasteiger partial charge in [0.1, 0.15) is 12.3 Å². The predicted octanol–water partition coefficient (Wildman–Crippen LogP) is 0.133. The van der Waals surface area contributed by atoms with E-state index in [1.807, 2.05) is 0 Å². The normalized spacial score (nSPS) is 15.7. The zero-order chi connectivity index (χ0) is 13.9. The van der Waals surface area contributed by atoms with Crippen molar-refractivity contribution in [3.8, 4) is 0 Å². The number of amides is 1. The van der Waals surface area contributed by atoms with Crippen LogP contribution in [-0.2, 0) is 19.4 Å². The summed E-state index contributed by atoms with van der Waals surface area (Å²) in [6.07, 6.45) is 1.51. The molecular formula is C11H19NO5S. The number of sulfone groups is 1. The van der Waals surface area contributed by atoms with Crippen molar-refractivity contribution in [2.75, 3.05) is 18.1 Å². The van der Waals surface area contributed by atoms with Crippen LogP contribution in [0, 0.1) is 5.92 Å². The molecule has 0 aromatic heterocycles. The molecule has 0 spiro atoms. The second-order valence-corrected chi connectivity index (χ2v) is 7.20. The van der Waals surface area contributed by atoms with E-state index >= 15 is 0 Å². The molecule has 1 saturated carbocycles. The molecule has 1 fully saturated rings. The van der Waals surface area contributed by atoms with Crippen LogP contribution in [-0.4, -0.2) is 54.4 Å². The summed E-state index contributed by atoms with van der Waals surface area (Å²) in [5.41, 5.74) is 0. The average molecular weight is 277 g/mol. The Balaban J connectivity index is 2.64. The number of carbonyl (C=O) groups excluding carboxylic acids is 1. The van der Waals surface area contributed by atoms with Crippen molar-refractivity contribution in [1.29, 1.82) is 0 Å². The van der Waals surface area contributed by atoms with E-state index in [0.29, 0.717) is 0 Å². The molecule has 7 heteroatoms. The van der Waals surface area contributed by atoms with E-state index in [9.17, 15) is 18.0 Å². The molecule has 0 bridgehead atoms. The third-order valence-electron chi connectivity index (χ3n) is 2.54. The highest BCUT2D eigenvalue weighted by atomic mass is 32.2. The van der Waals surface area contributed by atoms with Gasteiger partial charge in [0.2, 0.25) is 5.91 Å². The monoisotopic (exact) mass is 277 g/mol. The molecule has 0 unspecified atom stereocenters. The van der Waals surface area contributed by atoms with Crippen LogP contribution in [0.1, 0.15) is 26.7 Å². The molecule has 18 heavy (non-hydrogen) atoms. The van der Waals surface area contributed by atoms with Gasteiger partial charge in [-0.15, -0.1) is 0 Å². The fraction of sp³-hybridized carbons (Fsp3) is 0.818. The average Bonchev–Trinajstić information content (AvgIpc) is 2.93.